The number of nitrogens with one attached hydrogen (secondary N) is 1. The van der Waals surface area contributed by atoms with Crippen LogP contribution in [0.2, 0.25) is 0 Å². The quantitative estimate of drug-likeness (QED) is 0.550. The van der Waals surface area contributed by atoms with Crippen molar-refractivity contribution >= 4 is 17.0 Å². The van der Waals surface area contributed by atoms with E-state index in [4.69, 9.17) is 9.97 Å². The van der Waals surface area contributed by atoms with Gasteiger partial charge < -0.3 is 15.0 Å². The molecule has 0 radical (unpaired) electrons. The third-order valence-corrected chi connectivity index (χ3v) is 6.37. The van der Waals surface area contributed by atoms with Crippen LogP contribution in [-0.2, 0) is 6.54 Å². The Balaban J connectivity index is 1.73. The molecule has 1 aliphatic rings. The van der Waals surface area contributed by atoms with Gasteiger partial charge in [0.15, 0.2) is 17.0 Å². The highest BCUT2D eigenvalue weighted by Gasteiger charge is 2.30. The zero-order valence-corrected chi connectivity index (χ0v) is 19.3. The van der Waals surface area contributed by atoms with Gasteiger partial charge in [0, 0.05) is 6.04 Å². The lowest BCUT2D eigenvalue weighted by atomic mass is 9.79. The number of imidazole rings is 1. The van der Waals surface area contributed by atoms with Crippen LogP contribution in [0.3, 0.4) is 0 Å². The number of nitrogens with zero attached hydrogens (tertiary/aromatic N) is 4. The van der Waals surface area contributed by atoms with Crippen LogP contribution in [0.5, 0.6) is 0 Å². The molecule has 2 heterocycles. The van der Waals surface area contributed by atoms with E-state index >= 15 is 0 Å². The molecule has 0 unspecified atom stereocenters. The first-order chi connectivity index (χ1) is 15.5. The maximum Gasteiger partial charge on any atom is 0.209 e. The second-order valence-corrected chi connectivity index (χ2v) is 9.07. The Morgan fingerprint density at radius 2 is 2.00 bits per heavy atom. The average molecular weight is 432 g/mol. The predicted molar refractivity (Wildman–Crippen MR) is 128 cm³/mol. The van der Waals surface area contributed by atoms with Gasteiger partial charge in [-0.1, -0.05) is 63.4 Å². The number of anilines is 1. The summed E-state index contributed by atoms with van der Waals surface area (Å²) in [6.45, 7) is 7.17. The maximum absolute atomic E-state index is 11.0. The van der Waals surface area contributed by atoms with Crippen LogP contribution in [0.1, 0.15) is 70.7 Å². The van der Waals surface area contributed by atoms with Gasteiger partial charge in [-0.05, 0) is 49.5 Å². The van der Waals surface area contributed by atoms with Crippen molar-refractivity contribution in [3.63, 3.8) is 0 Å². The van der Waals surface area contributed by atoms with Crippen molar-refractivity contribution in [1.82, 2.24) is 19.5 Å². The standard InChI is InChI=1S/C26H33N5O/c1-4-21(5-2)28-24-23-25(31(18-27-23)17-20-11-7-6-8-12-20)30-22(29-24)13-15-26(32)14-9-10-19(3)16-26/h6-8,11-12,18-19,21,32H,4-5,9-10,14,16-17H2,1-3H3,(H,28,29,30)/t19-,26-/m1/s1. The molecule has 0 aliphatic heterocycles. The van der Waals surface area contributed by atoms with E-state index in [9.17, 15) is 5.11 Å². The summed E-state index contributed by atoms with van der Waals surface area (Å²) in [6, 6.07) is 10.6. The van der Waals surface area contributed by atoms with E-state index in [1.807, 2.05) is 29.1 Å². The Morgan fingerprint density at radius 3 is 2.72 bits per heavy atom. The molecule has 0 saturated heterocycles. The Kier molecular flexibility index (Phi) is 6.76. The van der Waals surface area contributed by atoms with Gasteiger partial charge in [0.1, 0.15) is 5.60 Å². The molecule has 0 spiro atoms. The van der Waals surface area contributed by atoms with Crippen molar-refractivity contribution in [2.24, 2.45) is 5.92 Å². The van der Waals surface area contributed by atoms with Crippen LogP contribution < -0.4 is 5.32 Å². The van der Waals surface area contributed by atoms with E-state index in [0.29, 0.717) is 43.0 Å². The number of aliphatic hydroxyl groups is 1. The molecule has 2 N–H and O–H groups in total. The number of hydrogen-bond donors (Lipinski definition) is 2. The molecular weight excluding hydrogens is 398 g/mol. The van der Waals surface area contributed by atoms with Crippen molar-refractivity contribution < 1.29 is 5.11 Å². The van der Waals surface area contributed by atoms with E-state index in [0.717, 1.165) is 36.8 Å². The molecule has 3 aromatic rings. The minimum absolute atomic E-state index is 0.302. The topological polar surface area (TPSA) is 75.9 Å². The fourth-order valence-electron chi connectivity index (χ4n) is 4.49. The smallest absolute Gasteiger partial charge is 0.209 e. The van der Waals surface area contributed by atoms with Crippen LogP contribution >= 0.6 is 0 Å². The average Bonchev–Trinajstić information content (AvgIpc) is 3.19. The molecule has 0 bridgehead atoms. The summed E-state index contributed by atoms with van der Waals surface area (Å²) < 4.78 is 2.03. The molecule has 32 heavy (non-hydrogen) atoms. The van der Waals surface area contributed by atoms with Gasteiger partial charge in [-0.15, -0.1) is 0 Å². The molecule has 2 atom stereocenters. The summed E-state index contributed by atoms with van der Waals surface area (Å²) in [6.07, 6.45) is 7.35. The van der Waals surface area contributed by atoms with Gasteiger partial charge in [-0.2, -0.15) is 0 Å². The molecule has 168 valence electrons. The number of rotatable bonds is 6. The third-order valence-electron chi connectivity index (χ3n) is 6.37. The van der Waals surface area contributed by atoms with Crippen molar-refractivity contribution in [2.45, 2.75) is 77.5 Å². The van der Waals surface area contributed by atoms with E-state index in [1.165, 1.54) is 5.56 Å². The molecule has 1 fully saturated rings. The SMILES string of the molecule is CCC(CC)Nc1nc(C#C[C@]2(O)CCC[C@@H](C)C2)nc2c1ncn2Cc1ccccc1. The molecule has 1 aromatic carbocycles. The van der Waals surface area contributed by atoms with Crippen LogP contribution in [0.25, 0.3) is 11.2 Å². The number of aromatic nitrogens is 4. The summed E-state index contributed by atoms with van der Waals surface area (Å²) in [5.41, 5.74) is 1.73. The molecule has 2 aromatic heterocycles. The van der Waals surface area contributed by atoms with E-state index < -0.39 is 5.60 Å². The van der Waals surface area contributed by atoms with Gasteiger partial charge in [-0.25, -0.2) is 15.0 Å². The Bertz CT molecular complexity index is 1110. The van der Waals surface area contributed by atoms with E-state index in [2.05, 4.69) is 55.0 Å². The van der Waals surface area contributed by atoms with Crippen molar-refractivity contribution in [3.05, 3.63) is 48.0 Å². The molecule has 4 rings (SSSR count). The first kappa shape index (κ1) is 22.3. The number of hydrogen-bond acceptors (Lipinski definition) is 5. The first-order valence-corrected chi connectivity index (χ1v) is 11.8. The van der Waals surface area contributed by atoms with E-state index in [-0.39, 0.29) is 0 Å². The van der Waals surface area contributed by atoms with Crippen LogP contribution in [0, 0.1) is 17.8 Å². The fraction of sp³-hybridized carbons (Fsp3) is 0.500. The second kappa shape index (κ2) is 9.70. The summed E-state index contributed by atoms with van der Waals surface area (Å²) in [7, 11) is 0. The largest absolute Gasteiger partial charge is 0.378 e. The lowest BCUT2D eigenvalue weighted by molar-refractivity contribution is 0.0410. The minimum Gasteiger partial charge on any atom is -0.378 e. The Morgan fingerprint density at radius 1 is 1.22 bits per heavy atom. The highest BCUT2D eigenvalue weighted by atomic mass is 16.3. The Hall–Kier alpha value is -2.91. The molecule has 1 aliphatic carbocycles. The highest BCUT2D eigenvalue weighted by Crippen LogP contribution is 2.31. The van der Waals surface area contributed by atoms with Crippen molar-refractivity contribution in [1.29, 1.82) is 0 Å². The molecule has 1 saturated carbocycles. The molecule has 0 amide bonds. The number of benzene rings is 1. The van der Waals surface area contributed by atoms with Crippen LogP contribution in [-0.4, -0.2) is 36.3 Å². The summed E-state index contributed by atoms with van der Waals surface area (Å²) >= 11 is 0. The minimum atomic E-state index is -0.955. The van der Waals surface area contributed by atoms with Crippen molar-refractivity contribution in [3.8, 4) is 11.8 Å². The lowest BCUT2D eigenvalue weighted by Gasteiger charge is -2.30. The zero-order valence-electron chi connectivity index (χ0n) is 19.3. The lowest BCUT2D eigenvalue weighted by Crippen LogP contribution is -2.32. The second-order valence-electron chi connectivity index (χ2n) is 9.07. The first-order valence-electron chi connectivity index (χ1n) is 11.8. The van der Waals surface area contributed by atoms with Gasteiger partial charge in [0.2, 0.25) is 5.82 Å². The number of fused-ring (bicyclic) bond motifs is 1. The van der Waals surface area contributed by atoms with Crippen LogP contribution in [0.4, 0.5) is 5.82 Å². The van der Waals surface area contributed by atoms with Crippen LogP contribution in [0.15, 0.2) is 36.7 Å². The fourth-order valence-corrected chi connectivity index (χ4v) is 4.49. The van der Waals surface area contributed by atoms with E-state index in [1.54, 1.807) is 0 Å². The van der Waals surface area contributed by atoms with Crippen molar-refractivity contribution in [2.75, 3.05) is 5.32 Å². The summed E-state index contributed by atoms with van der Waals surface area (Å²) in [4.78, 5) is 14.1. The maximum atomic E-state index is 11.0. The van der Waals surface area contributed by atoms with Gasteiger partial charge in [0.05, 0.1) is 12.9 Å². The Labute approximate surface area is 190 Å². The predicted octanol–water partition coefficient (Wildman–Crippen LogP) is 4.77. The summed E-state index contributed by atoms with van der Waals surface area (Å²) in [5, 5.41) is 14.5. The zero-order chi connectivity index (χ0) is 22.6. The third kappa shape index (κ3) is 5.11. The monoisotopic (exact) mass is 431 g/mol. The molecule has 6 nitrogen and oxygen atoms in total. The van der Waals surface area contributed by atoms with Gasteiger partial charge >= 0.3 is 0 Å². The normalized spacial score (nSPS) is 20.8. The molecule has 6 heteroatoms. The molecular formula is C26H33N5O. The summed E-state index contributed by atoms with van der Waals surface area (Å²) in [5.74, 6) is 7.81. The highest BCUT2D eigenvalue weighted by molar-refractivity contribution is 5.83. The van der Waals surface area contributed by atoms with Gasteiger partial charge in [-0.3, -0.25) is 0 Å². The van der Waals surface area contributed by atoms with Gasteiger partial charge in [0.25, 0.3) is 0 Å².